The van der Waals surface area contributed by atoms with Crippen LogP contribution in [0.2, 0.25) is 0 Å². The number of pyridine rings is 1. The standard InChI is InChI=1S/C14H18N2O/c1-11(9-15-2)17-10-13-8-7-12-5-3-4-6-14(12)16-13/h3-8,11,15H,9-10H2,1-2H3. The molecule has 2 aromatic rings. The third-order valence-corrected chi connectivity index (χ3v) is 2.66. The van der Waals surface area contributed by atoms with E-state index in [2.05, 4.69) is 29.4 Å². The van der Waals surface area contributed by atoms with Gasteiger partial charge in [-0.3, -0.25) is 4.98 Å². The average Bonchev–Trinajstić information content (AvgIpc) is 2.36. The molecule has 90 valence electrons. The minimum absolute atomic E-state index is 0.202. The van der Waals surface area contributed by atoms with Crippen molar-refractivity contribution in [3.05, 3.63) is 42.1 Å². The van der Waals surface area contributed by atoms with E-state index in [1.165, 1.54) is 5.39 Å². The molecule has 1 aromatic carbocycles. The van der Waals surface area contributed by atoms with Crippen molar-refractivity contribution in [2.75, 3.05) is 13.6 Å². The second-order valence-corrected chi connectivity index (χ2v) is 4.17. The molecule has 0 aliphatic heterocycles. The van der Waals surface area contributed by atoms with Gasteiger partial charge >= 0.3 is 0 Å². The van der Waals surface area contributed by atoms with Crippen molar-refractivity contribution in [3.8, 4) is 0 Å². The lowest BCUT2D eigenvalue weighted by Crippen LogP contribution is -2.23. The normalized spacial score (nSPS) is 12.8. The van der Waals surface area contributed by atoms with Gasteiger partial charge in [0, 0.05) is 11.9 Å². The van der Waals surface area contributed by atoms with Gasteiger partial charge in [-0.1, -0.05) is 24.3 Å². The molecule has 0 aliphatic rings. The first-order valence-electron chi connectivity index (χ1n) is 5.90. The summed E-state index contributed by atoms with van der Waals surface area (Å²) in [6.07, 6.45) is 0.202. The summed E-state index contributed by atoms with van der Waals surface area (Å²) in [7, 11) is 1.92. The summed E-state index contributed by atoms with van der Waals surface area (Å²) >= 11 is 0. The molecule has 2 rings (SSSR count). The second kappa shape index (κ2) is 5.75. The van der Waals surface area contributed by atoms with Gasteiger partial charge in [0.15, 0.2) is 0 Å². The Kier molecular flexibility index (Phi) is 4.07. The maximum atomic E-state index is 5.69. The minimum Gasteiger partial charge on any atom is -0.371 e. The predicted octanol–water partition coefficient (Wildman–Crippen LogP) is 2.36. The van der Waals surface area contributed by atoms with Crippen molar-refractivity contribution in [1.82, 2.24) is 10.3 Å². The first-order chi connectivity index (χ1) is 8.29. The van der Waals surface area contributed by atoms with Crippen LogP contribution >= 0.6 is 0 Å². The fourth-order valence-corrected chi connectivity index (χ4v) is 1.76. The van der Waals surface area contributed by atoms with Crippen LogP contribution in [0.15, 0.2) is 36.4 Å². The van der Waals surface area contributed by atoms with Crippen LogP contribution in [0.4, 0.5) is 0 Å². The van der Waals surface area contributed by atoms with Gasteiger partial charge in [-0.25, -0.2) is 0 Å². The van der Waals surface area contributed by atoms with Crippen LogP contribution in [0.1, 0.15) is 12.6 Å². The number of para-hydroxylation sites is 1. The highest BCUT2D eigenvalue weighted by Gasteiger charge is 2.02. The van der Waals surface area contributed by atoms with Gasteiger partial charge in [-0.05, 0) is 26.1 Å². The number of likely N-dealkylation sites (N-methyl/N-ethyl adjacent to an activating group) is 1. The molecule has 0 radical (unpaired) electrons. The van der Waals surface area contributed by atoms with Crippen molar-refractivity contribution >= 4 is 10.9 Å². The van der Waals surface area contributed by atoms with Crippen molar-refractivity contribution in [1.29, 1.82) is 0 Å². The first kappa shape index (κ1) is 12.0. The van der Waals surface area contributed by atoms with Gasteiger partial charge in [0.05, 0.1) is 23.9 Å². The Labute approximate surface area is 102 Å². The number of hydrogen-bond donors (Lipinski definition) is 1. The minimum atomic E-state index is 0.202. The van der Waals surface area contributed by atoms with Gasteiger partial charge in [0.25, 0.3) is 0 Å². The van der Waals surface area contributed by atoms with E-state index in [0.29, 0.717) is 6.61 Å². The van der Waals surface area contributed by atoms with E-state index < -0.39 is 0 Å². The number of aromatic nitrogens is 1. The lowest BCUT2D eigenvalue weighted by molar-refractivity contribution is 0.0527. The van der Waals surface area contributed by atoms with Crippen molar-refractivity contribution in [3.63, 3.8) is 0 Å². The smallest absolute Gasteiger partial charge is 0.0892 e. The zero-order valence-electron chi connectivity index (χ0n) is 10.3. The highest BCUT2D eigenvalue weighted by atomic mass is 16.5. The van der Waals surface area contributed by atoms with Crippen LogP contribution in [0.3, 0.4) is 0 Å². The monoisotopic (exact) mass is 230 g/mol. The number of benzene rings is 1. The van der Waals surface area contributed by atoms with E-state index in [9.17, 15) is 0 Å². The molecule has 0 aliphatic carbocycles. The van der Waals surface area contributed by atoms with Gasteiger partial charge in [0.1, 0.15) is 0 Å². The Hall–Kier alpha value is -1.45. The highest BCUT2D eigenvalue weighted by Crippen LogP contribution is 2.12. The molecular weight excluding hydrogens is 212 g/mol. The van der Waals surface area contributed by atoms with E-state index in [1.807, 2.05) is 31.3 Å². The van der Waals surface area contributed by atoms with Crippen molar-refractivity contribution < 1.29 is 4.74 Å². The molecule has 1 atom stereocenters. The summed E-state index contributed by atoms with van der Waals surface area (Å²) in [5.41, 5.74) is 2.00. The molecular formula is C14H18N2O. The molecule has 1 unspecified atom stereocenters. The molecule has 1 heterocycles. The topological polar surface area (TPSA) is 34.1 Å². The fraction of sp³-hybridized carbons (Fsp3) is 0.357. The lowest BCUT2D eigenvalue weighted by atomic mass is 10.2. The summed E-state index contributed by atoms with van der Waals surface area (Å²) in [6, 6.07) is 12.2. The SMILES string of the molecule is CNCC(C)OCc1ccc2ccccc2n1. The van der Waals surface area contributed by atoms with Crippen LogP contribution in [0.25, 0.3) is 10.9 Å². The maximum Gasteiger partial charge on any atom is 0.0892 e. The largest absolute Gasteiger partial charge is 0.371 e. The number of fused-ring (bicyclic) bond motifs is 1. The second-order valence-electron chi connectivity index (χ2n) is 4.17. The van der Waals surface area contributed by atoms with E-state index >= 15 is 0 Å². The van der Waals surface area contributed by atoms with Gasteiger partial charge in [0.2, 0.25) is 0 Å². The van der Waals surface area contributed by atoms with E-state index in [4.69, 9.17) is 4.74 Å². The van der Waals surface area contributed by atoms with Crippen LogP contribution in [0, 0.1) is 0 Å². The van der Waals surface area contributed by atoms with Gasteiger partial charge < -0.3 is 10.1 Å². The van der Waals surface area contributed by atoms with Crippen molar-refractivity contribution in [2.45, 2.75) is 19.6 Å². The summed E-state index contributed by atoms with van der Waals surface area (Å²) < 4.78 is 5.69. The van der Waals surface area contributed by atoms with Gasteiger partial charge in [-0.15, -0.1) is 0 Å². The zero-order valence-corrected chi connectivity index (χ0v) is 10.3. The number of hydrogen-bond acceptors (Lipinski definition) is 3. The Morgan fingerprint density at radius 2 is 2.06 bits per heavy atom. The van der Waals surface area contributed by atoms with E-state index in [1.54, 1.807) is 0 Å². The number of nitrogens with one attached hydrogen (secondary N) is 1. The Bertz CT molecular complexity index is 484. The van der Waals surface area contributed by atoms with Gasteiger partial charge in [-0.2, -0.15) is 0 Å². The highest BCUT2D eigenvalue weighted by molar-refractivity contribution is 5.78. The summed E-state index contributed by atoms with van der Waals surface area (Å²) in [6.45, 7) is 3.47. The van der Waals surface area contributed by atoms with Crippen LogP contribution in [0.5, 0.6) is 0 Å². The lowest BCUT2D eigenvalue weighted by Gasteiger charge is -2.12. The Balaban J connectivity index is 2.04. The fourth-order valence-electron chi connectivity index (χ4n) is 1.76. The van der Waals surface area contributed by atoms with Crippen molar-refractivity contribution in [2.24, 2.45) is 0 Å². The van der Waals surface area contributed by atoms with Crippen LogP contribution in [-0.4, -0.2) is 24.7 Å². The molecule has 0 saturated carbocycles. The molecule has 3 heteroatoms. The molecule has 0 amide bonds. The molecule has 1 N–H and O–H groups in total. The Morgan fingerprint density at radius 3 is 2.88 bits per heavy atom. The number of rotatable bonds is 5. The molecule has 0 fully saturated rings. The summed E-state index contributed by atoms with van der Waals surface area (Å²) in [5.74, 6) is 0. The van der Waals surface area contributed by atoms with E-state index in [0.717, 1.165) is 17.8 Å². The number of nitrogens with zero attached hydrogens (tertiary/aromatic N) is 1. The maximum absolute atomic E-state index is 5.69. The molecule has 1 aromatic heterocycles. The predicted molar refractivity (Wildman–Crippen MR) is 69.9 cm³/mol. The van der Waals surface area contributed by atoms with Crippen LogP contribution < -0.4 is 5.32 Å². The molecule has 0 spiro atoms. The molecule has 17 heavy (non-hydrogen) atoms. The molecule has 0 saturated heterocycles. The van der Waals surface area contributed by atoms with Crippen LogP contribution in [-0.2, 0) is 11.3 Å². The quantitative estimate of drug-likeness (QED) is 0.856. The Morgan fingerprint density at radius 1 is 1.24 bits per heavy atom. The average molecular weight is 230 g/mol. The first-order valence-corrected chi connectivity index (χ1v) is 5.90. The zero-order chi connectivity index (χ0) is 12.1. The third kappa shape index (κ3) is 3.25. The third-order valence-electron chi connectivity index (χ3n) is 2.66. The molecule has 3 nitrogen and oxygen atoms in total. The number of ether oxygens (including phenoxy) is 1. The summed E-state index contributed by atoms with van der Waals surface area (Å²) in [4.78, 5) is 4.56. The summed E-state index contributed by atoms with van der Waals surface area (Å²) in [5, 5.41) is 4.25. The van der Waals surface area contributed by atoms with E-state index in [-0.39, 0.29) is 6.10 Å². The molecule has 0 bridgehead atoms.